The summed E-state index contributed by atoms with van der Waals surface area (Å²) in [5.41, 5.74) is 7.55. The van der Waals surface area contributed by atoms with Crippen LogP contribution in [0.4, 0.5) is 5.69 Å². The number of rotatable bonds is 5. The molecule has 0 spiro atoms. The number of hydrogen-bond acceptors (Lipinski definition) is 2. The molecule has 1 rings (SSSR count). The van der Waals surface area contributed by atoms with Crippen LogP contribution in [-0.4, -0.2) is 10.2 Å². The Morgan fingerprint density at radius 2 is 2.25 bits per heavy atom. The Morgan fingerprint density at radius 1 is 1.42 bits per heavy atom. The number of hydrogen-bond donors (Lipinski definition) is 2. The first-order valence-corrected chi connectivity index (χ1v) is 4.62. The summed E-state index contributed by atoms with van der Waals surface area (Å²) < 4.78 is 0. The van der Waals surface area contributed by atoms with Crippen LogP contribution in [0.5, 0.6) is 0 Å². The summed E-state index contributed by atoms with van der Waals surface area (Å²) in [6.45, 7) is 2.21. The van der Waals surface area contributed by atoms with Crippen molar-refractivity contribution in [3.05, 3.63) is 11.9 Å². The van der Waals surface area contributed by atoms with E-state index >= 15 is 0 Å². The van der Waals surface area contributed by atoms with Gasteiger partial charge < -0.3 is 5.73 Å². The van der Waals surface area contributed by atoms with Gasteiger partial charge in [-0.3, -0.25) is 5.10 Å². The maximum Gasteiger partial charge on any atom is 0.0730 e. The predicted octanol–water partition coefficient (Wildman–Crippen LogP) is 2.11. The molecule has 3 nitrogen and oxygen atoms in total. The van der Waals surface area contributed by atoms with Crippen molar-refractivity contribution < 1.29 is 0 Å². The Morgan fingerprint density at radius 3 is 2.83 bits per heavy atom. The van der Waals surface area contributed by atoms with Crippen molar-refractivity contribution in [2.75, 3.05) is 5.73 Å². The second kappa shape index (κ2) is 4.80. The van der Waals surface area contributed by atoms with E-state index in [9.17, 15) is 0 Å². The molecule has 12 heavy (non-hydrogen) atoms. The van der Waals surface area contributed by atoms with Crippen LogP contribution in [0, 0.1) is 0 Å². The van der Waals surface area contributed by atoms with Crippen molar-refractivity contribution >= 4 is 5.69 Å². The number of aryl methyl sites for hydroxylation is 1. The molecule has 0 fully saturated rings. The van der Waals surface area contributed by atoms with Gasteiger partial charge in [0.15, 0.2) is 0 Å². The lowest BCUT2D eigenvalue weighted by Gasteiger charge is -1.98. The van der Waals surface area contributed by atoms with Crippen molar-refractivity contribution in [2.24, 2.45) is 0 Å². The van der Waals surface area contributed by atoms with Crippen LogP contribution in [0.15, 0.2) is 6.20 Å². The lowest BCUT2D eigenvalue weighted by molar-refractivity contribution is 0.660. The molecule has 0 aliphatic rings. The summed E-state index contributed by atoms with van der Waals surface area (Å²) in [4.78, 5) is 0. The number of nitrogens with zero attached hydrogens (tertiary/aromatic N) is 1. The molecule has 0 aliphatic heterocycles. The molecule has 3 heteroatoms. The molecule has 0 bridgehead atoms. The van der Waals surface area contributed by atoms with Gasteiger partial charge in [0, 0.05) is 0 Å². The summed E-state index contributed by atoms with van der Waals surface area (Å²) in [5, 5.41) is 6.78. The molecular formula is C9H17N3. The maximum absolute atomic E-state index is 5.66. The molecule has 0 amide bonds. The van der Waals surface area contributed by atoms with E-state index in [0.717, 1.165) is 17.8 Å². The molecule has 0 saturated heterocycles. The van der Waals surface area contributed by atoms with Crippen LogP contribution in [0.3, 0.4) is 0 Å². The lowest BCUT2D eigenvalue weighted by atomic mass is 10.1. The van der Waals surface area contributed by atoms with E-state index in [0.29, 0.717) is 0 Å². The van der Waals surface area contributed by atoms with Crippen LogP contribution in [0.2, 0.25) is 0 Å². The average molecular weight is 167 g/mol. The van der Waals surface area contributed by atoms with E-state index in [1.807, 2.05) is 0 Å². The van der Waals surface area contributed by atoms with Gasteiger partial charge in [0.1, 0.15) is 0 Å². The Labute approximate surface area is 73.4 Å². The molecule has 68 valence electrons. The maximum atomic E-state index is 5.66. The van der Waals surface area contributed by atoms with E-state index in [1.165, 1.54) is 25.7 Å². The minimum Gasteiger partial charge on any atom is -0.396 e. The molecular weight excluding hydrogens is 150 g/mol. The van der Waals surface area contributed by atoms with Crippen LogP contribution in [-0.2, 0) is 6.42 Å². The molecule has 0 saturated carbocycles. The monoisotopic (exact) mass is 167 g/mol. The molecule has 0 atom stereocenters. The van der Waals surface area contributed by atoms with Gasteiger partial charge in [-0.15, -0.1) is 0 Å². The average Bonchev–Trinajstić information content (AvgIpc) is 2.46. The Balaban J connectivity index is 2.20. The number of nitrogens with one attached hydrogen (secondary N) is 1. The fourth-order valence-corrected chi connectivity index (χ4v) is 1.25. The highest BCUT2D eigenvalue weighted by Crippen LogP contribution is 2.10. The Kier molecular flexibility index (Phi) is 3.64. The third-order valence-electron chi connectivity index (χ3n) is 2.03. The van der Waals surface area contributed by atoms with Crippen LogP contribution < -0.4 is 5.73 Å². The minimum atomic E-state index is 0.798. The first-order valence-electron chi connectivity index (χ1n) is 4.62. The van der Waals surface area contributed by atoms with E-state index in [1.54, 1.807) is 6.20 Å². The third kappa shape index (κ3) is 2.57. The zero-order valence-electron chi connectivity index (χ0n) is 7.64. The topological polar surface area (TPSA) is 54.7 Å². The normalized spacial score (nSPS) is 10.4. The van der Waals surface area contributed by atoms with Crippen molar-refractivity contribution in [2.45, 2.75) is 39.0 Å². The van der Waals surface area contributed by atoms with E-state index < -0.39 is 0 Å². The van der Waals surface area contributed by atoms with E-state index in [2.05, 4.69) is 17.1 Å². The highest BCUT2D eigenvalue weighted by atomic mass is 15.1. The smallest absolute Gasteiger partial charge is 0.0730 e. The fourth-order valence-electron chi connectivity index (χ4n) is 1.25. The van der Waals surface area contributed by atoms with Gasteiger partial charge in [0.2, 0.25) is 0 Å². The SMILES string of the molecule is CCCCCCc1[nH]ncc1N. The molecule has 0 unspecified atom stereocenters. The van der Waals surface area contributed by atoms with Gasteiger partial charge in [-0.25, -0.2) is 0 Å². The second-order valence-electron chi connectivity index (χ2n) is 3.11. The van der Waals surface area contributed by atoms with Gasteiger partial charge in [0.25, 0.3) is 0 Å². The summed E-state index contributed by atoms with van der Waals surface area (Å²) >= 11 is 0. The Bertz CT molecular complexity index is 217. The number of nitrogen functional groups attached to an aromatic ring is 1. The zero-order chi connectivity index (χ0) is 8.81. The van der Waals surface area contributed by atoms with Gasteiger partial charge in [-0.05, 0) is 12.8 Å². The molecule has 1 heterocycles. The van der Waals surface area contributed by atoms with Crippen molar-refractivity contribution in [1.82, 2.24) is 10.2 Å². The van der Waals surface area contributed by atoms with Gasteiger partial charge in [0.05, 0.1) is 17.6 Å². The third-order valence-corrected chi connectivity index (χ3v) is 2.03. The number of nitrogens with two attached hydrogens (primary N) is 1. The molecule has 3 N–H and O–H groups in total. The van der Waals surface area contributed by atoms with Crippen molar-refractivity contribution in [1.29, 1.82) is 0 Å². The standard InChI is InChI=1S/C9H17N3/c1-2-3-4-5-6-9-8(10)7-11-12-9/h7H,2-6,10H2,1H3,(H,11,12). The molecule has 0 radical (unpaired) electrons. The van der Waals surface area contributed by atoms with Gasteiger partial charge in [-0.2, -0.15) is 5.10 Å². The summed E-state index contributed by atoms with van der Waals surface area (Å²) in [6.07, 6.45) is 7.79. The first kappa shape index (κ1) is 9.10. The minimum absolute atomic E-state index is 0.798. The fraction of sp³-hybridized carbons (Fsp3) is 0.667. The largest absolute Gasteiger partial charge is 0.396 e. The first-order chi connectivity index (χ1) is 5.84. The van der Waals surface area contributed by atoms with E-state index in [4.69, 9.17) is 5.73 Å². The Hall–Kier alpha value is -0.990. The van der Waals surface area contributed by atoms with Gasteiger partial charge >= 0.3 is 0 Å². The molecule has 1 aromatic rings. The lowest BCUT2D eigenvalue weighted by Crippen LogP contribution is -1.92. The van der Waals surface area contributed by atoms with Crippen LogP contribution >= 0.6 is 0 Å². The van der Waals surface area contributed by atoms with Crippen LogP contribution in [0.1, 0.15) is 38.3 Å². The van der Waals surface area contributed by atoms with Gasteiger partial charge in [-0.1, -0.05) is 26.2 Å². The molecule has 1 aromatic heterocycles. The zero-order valence-corrected chi connectivity index (χ0v) is 7.64. The molecule has 0 aliphatic carbocycles. The van der Waals surface area contributed by atoms with Crippen LogP contribution in [0.25, 0.3) is 0 Å². The quantitative estimate of drug-likeness (QED) is 0.660. The van der Waals surface area contributed by atoms with Crippen molar-refractivity contribution in [3.63, 3.8) is 0 Å². The summed E-state index contributed by atoms with van der Waals surface area (Å²) in [7, 11) is 0. The highest BCUT2D eigenvalue weighted by molar-refractivity contribution is 5.39. The summed E-state index contributed by atoms with van der Waals surface area (Å²) in [5.74, 6) is 0. The number of aromatic nitrogens is 2. The number of anilines is 1. The number of aromatic amines is 1. The molecule has 0 aromatic carbocycles. The second-order valence-corrected chi connectivity index (χ2v) is 3.11. The van der Waals surface area contributed by atoms with Crippen molar-refractivity contribution in [3.8, 4) is 0 Å². The van der Waals surface area contributed by atoms with E-state index in [-0.39, 0.29) is 0 Å². The number of H-pyrrole nitrogens is 1. The summed E-state index contributed by atoms with van der Waals surface area (Å²) in [6, 6.07) is 0. The predicted molar refractivity (Wildman–Crippen MR) is 50.8 cm³/mol. The highest BCUT2D eigenvalue weighted by Gasteiger charge is 1.99. The number of unbranched alkanes of at least 4 members (excludes halogenated alkanes) is 3.